The van der Waals surface area contributed by atoms with Crippen LogP contribution in [0.15, 0.2) is 34.9 Å². The van der Waals surface area contributed by atoms with E-state index in [0.29, 0.717) is 12.1 Å². The van der Waals surface area contributed by atoms with Gasteiger partial charge in [0, 0.05) is 29.2 Å². The Labute approximate surface area is 135 Å². The molecule has 0 spiro atoms. The molecule has 1 heterocycles. The number of aryl methyl sites for hydroxylation is 1. The van der Waals surface area contributed by atoms with E-state index in [-0.39, 0.29) is 0 Å². The minimum absolute atomic E-state index is 0.294. The van der Waals surface area contributed by atoms with E-state index in [1.54, 1.807) is 0 Å². The number of hydrogen-bond acceptors (Lipinski definition) is 2. The number of rotatable bonds is 6. The van der Waals surface area contributed by atoms with E-state index < -0.39 is 0 Å². The molecule has 1 aromatic heterocycles. The third-order valence-electron chi connectivity index (χ3n) is 3.65. The average molecular weight is 350 g/mol. The summed E-state index contributed by atoms with van der Waals surface area (Å²) in [5.74, 6) is 0. The minimum Gasteiger partial charge on any atom is -0.310 e. The van der Waals surface area contributed by atoms with Gasteiger partial charge in [0.25, 0.3) is 0 Å². The summed E-state index contributed by atoms with van der Waals surface area (Å²) < 4.78 is 3.18. The molecule has 1 unspecified atom stereocenters. The minimum atomic E-state index is 0.294. The molecule has 21 heavy (non-hydrogen) atoms. The van der Waals surface area contributed by atoms with Crippen molar-refractivity contribution >= 4 is 15.9 Å². The molecule has 0 saturated heterocycles. The monoisotopic (exact) mass is 349 g/mol. The third-order valence-corrected chi connectivity index (χ3v) is 4.51. The van der Waals surface area contributed by atoms with Crippen LogP contribution >= 0.6 is 15.9 Å². The lowest BCUT2D eigenvalue weighted by atomic mass is 10.0. The van der Waals surface area contributed by atoms with E-state index in [4.69, 9.17) is 0 Å². The zero-order chi connectivity index (χ0) is 15.4. The molecule has 0 bridgehead atoms. The number of aromatic nitrogens is 2. The summed E-state index contributed by atoms with van der Waals surface area (Å²) in [4.78, 5) is 0. The molecule has 2 rings (SSSR count). The van der Waals surface area contributed by atoms with E-state index >= 15 is 0 Å². The molecule has 0 aliphatic rings. The van der Waals surface area contributed by atoms with Crippen LogP contribution in [0, 0.1) is 6.92 Å². The fraction of sp³-hybridized carbons (Fsp3) is 0.471. The van der Waals surface area contributed by atoms with E-state index in [1.807, 2.05) is 4.68 Å². The highest BCUT2D eigenvalue weighted by Crippen LogP contribution is 2.24. The van der Waals surface area contributed by atoms with Gasteiger partial charge >= 0.3 is 0 Å². The topological polar surface area (TPSA) is 29.9 Å². The van der Waals surface area contributed by atoms with Crippen LogP contribution < -0.4 is 5.32 Å². The van der Waals surface area contributed by atoms with Crippen molar-refractivity contribution in [2.75, 3.05) is 6.54 Å². The van der Waals surface area contributed by atoms with Crippen LogP contribution in [0.2, 0.25) is 0 Å². The molecule has 1 N–H and O–H groups in total. The molecule has 0 aliphatic carbocycles. The zero-order valence-corrected chi connectivity index (χ0v) is 14.8. The van der Waals surface area contributed by atoms with Crippen LogP contribution in [0.25, 0.3) is 0 Å². The predicted octanol–water partition coefficient (Wildman–Crippen LogP) is 4.43. The Morgan fingerprint density at radius 3 is 2.62 bits per heavy atom. The number of halogens is 1. The summed E-state index contributed by atoms with van der Waals surface area (Å²) in [6.07, 6.45) is 2.97. The van der Waals surface area contributed by atoms with Gasteiger partial charge in [-0.2, -0.15) is 5.10 Å². The summed E-state index contributed by atoms with van der Waals surface area (Å²) in [6.45, 7) is 9.50. The molecule has 0 amide bonds. The van der Waals surface area contributed by atoms with E-state index in [1.165, 1.54) is 11.1 Å². The molecule has 4 heteroatoms. The lowest BCUT2D eigenvalue weighted by Gasteiger charge is -2.18. The Hall–Kier alpha value is -1.13. The van der Waals surface area contributed by atoms with Crippen LogP contribution in [0.4, 0.5) is 0 Å². The van der Waals surface area contributed by atoms with Crippen LogP contribution in [-0.2, 0) is 6.42 Å². The third kappa shape index (κ3) is 4.17. The molecule has 0 saturated carbocycles. The molecular weight excluding hydrogens is 326 g/mol. The second kappa shape index (κ2) is 7.23. The molecule has 0 radical (unpaired) electrons. The largest absolute Gasteiger partial charge is 0.310 e. The van der Waals surface area contributed by atoms with Gasteiger partial charge in [-0.15, -0.1) is 0 Å². The van der Waals surface area contributed by atoms with Gasteiger partial charge in [-0.1, -0.05) is 35.0 Å². The Kier molecular flexibility index (Phi) is 5.59. The Balaban J connectivity index is 2.19. The lowest BCUT2D eigenvalue weighted by Crippen LogP contribution is -2.23. The molecule has 0 fully saturated rings. The van der Waals surface area contributed by atoms with Crippen molar-refractivity contribution in [1.82, 2.24) is 15.1 Å². The van der Waals surface area contributed by atoms with E-state index in [9.17, 15) is 0 Å². The van der Waals surface area contributed by atoms with Crippen molar-refractivity contribution in [1.29, 1.82) is 0 Å². The Morgan fingerprint density at radius 2 is 2.05 bits per heavy atom. The second-order valence-electron chi connectivity index (χ2n) is 5.70. The van der Waals surface area contributed by atoms with Crippen LogP contribution in [0.3, 0.4) is 0 Å². The van der Waals surface area contributed by atoms with Crippen molar-refractivity contribution in [3.63, 3.8) is 0 Å². The highest BCUT2D eigenvalue weighted by atomic mass is 79.9. The van der Waals surface area contributed by atoms with Gasteiger partial charge in [0.05, 0.1) is 5.69 Å². The molecule has 2 aromatic rings. The Bertz CT molecular complexity index is 589. The number of benzene rings is 1. The van der Waals surface area contributed by atoms with Crippen molar-refractivity contribution < 1.29 is 0 Å². The molecule has 114 valence electrons. The standard InChI is InChI=1S/C17H24BrN3/c1-5-19-17(14-7-6-13(4)16(18)10-14)11-15-8-9-21(20-15)12(2)3/h6-10,12,17,19H,5,11H2,1-4H3. The van der Waals surface area contributed by atoms with Crippen LogP contribution in [-0.4, -0.2) is 16.3 Å². The fourth-order valence-electron chi connectivity index (χ4n) is 2.36. The molecule has 0 aliphatic heterocycles. The van der Waals surface area contributed by atoms with E-state index in [2.05, 4.69) is 84.5 Å². The maximum absolute atomic E-state index is 4.66. The number of hydrogen-bond donors (Lipinski definition) is 1. The molecule has 1 atom stereocenters. The van der Waals surface area contributed by atoms with Crippen molar-refractivity contribution in [2.45, 2.75) is 46.2 Å². The molecular formula is C17H24BrN3. The van der Waals surface area contributed by atoms with Gasteiger partial charge in [-0.05, 0) is 50.6 Å². The number of nitrogens with one attached hydrogen (secondary N) is 1. The second-order valence-corrected chi connectivity index (χ2v) is 6.56. The Morgan fingerprint density at radius 1 is 1.29 bits per heavy atom. The quantitative estimate of drug-likeness (QED) is 0.835. The maximum Gasteiger partial charge on any atom is 0.0643 e. The van der Waals surface area contributed by atoms with Gasteiger partial charge in [0.15, 0.2) is 0 Å². The highest BCUT2D eigenvalue weighted by molar-refractivity contribution is 9.10. The first kappa shape index (κ1) is 16.2. The smallest absolute Gasteiger partial charge is 0.0643 e. The average Bonchev–Trinajstić information content (AvgIpc) is 2.90. The van der Waals surface area contributed by atoms with Crippen molar-refractivity contribution in [2.24, 2.45) is 0 Å². The predicted molar refractivity (Wildman–Crippen MR) is 91.6 cm³/mol. The molecule has 1 aromatic carbocycles. The first-order valence-electron chi connectivity index (χ1n) is 7.54. The normalized spacial score (nSPS) is 12.9. The zero-order valence-electron chi connectivity index (χ0n) is 13.2. The summed E-state index contributed by atoms with van der Waals surface area (Å²) in [6, 6.07) is 9.39. The van der Waals surface area contributed by atoms with Crippen LogP contribution in [0.1, 0.15) is 49.7 Å². The number of nitrogens with zero attached hydrogens (tertiary/aromatic N) is 2. The van der Waals surface area contributed by atoms with Gasteiger partial charge in [-0.3, -0.25) is 4.68 Å². The number of likely N-dealkylation sites (N-methyl/N-ethyl adjacent to an activating group) is 1. The summed E-state index contributed by atoms with van der Waals surface area (Å²) in [7, 11) is 0. The first-order chi connectivity index (χ1) is 10.0. The lowest BCUT2D eigenvalue weighted by molar-refractivity contribution is 0.506. The van der Waals surface area contributed by atoms with Gasteiger partial charge in [0.1, 0.15) is 0 Å². The van der Waals surface area contributed by atoms with Crippen molar-refractivity contribution in [3.8, 4) is 0 Å². The fourth-order valence-corrected chi connectivity index (χ4v) is 2.76. The summed E-state index contributed by atoms with van der Waals surface area (Å²) in [5, 5.41) is 8.22. The summed E-state index contributed by atoms with van der Waals surface area (Å²) >= 11 is 3.63. The van der Waals surface area contributed by atoms with Crippen LogP contribution in [0.5, 0.6) is 0 Å². The van der Waals surface area contributed by atoms with Crippen molar-refractivity contribution in [3.05, 3.63) is 51.8 Å². The first-order valence-corrected chi connectivity index (χ1v) is 8.34. The summed E-state index contributed by atoms with van der Waals surface area (Å²) in [5.41, 5.74) is 3.69. The SMILES string of the molecule is CCNC(Cc1ccn(C(C)C)n1)c1ccc(C)c(Br)c1. The molecule has 3 nitrogen and oxygen atoms in total. The van der Waals surface area contributed by atoms with E-state index in [0.717, 1.165) is 23.1 Å². The maximum atomic E-state index is 4.66. The van der Waals surface area contributed by atoms with Gasteiger partial charge in [-0.25, -0.2) is 0 Å². The van der Waals surface area contributed by atoms with Gasteiger partial charge in [0.2, 0.25) is 0 Å². The highest BCUT2D eigenvalue weighted by Gasteiger charge is 2.14. The van der Waals surface area contributed by atoms with Gasteiger partial charge < -0.3 is 5.32 Å².